The molecule has 0 saturated heterocycles. The number of benzene rings is 1. The molecule has 1 amide bonds. The molecule has 2 atom stereocenters. The monoisotopic (exact) mass is 296 g/mol. The van der Waals surface area contributed by atoms with Crippen molar-refractivity contribution in [3.8, 4) is 0 Å². The molecule has 4 heteroatoms. The Labute approximate surface area is 110 Å². The maximum atomic E-state index is 11.0. The summed E-state index contributed by atoms with van der Waals surface area (Å²) in [5.41, 5.74) is 8.04. The molecule has 0 saturated carbocycles. The molecule has 0 aliphatic heterocycles. The number of aryl methyl sites for hydroxylation is 1. The minimum atomic E-state index is -0.286. The van der Waals surface area contributed by atoms with Gasteiger partial charge < -0.3 is 11.1 Å². The van der Waals surface area contributed by atoms with Gasteiger partial charge in [-0.1, -0.05) is 22.0 Å². The largest absolute Gasteiger partial charge is 0.368 e. The Bertz CT molecular complexity index is 433. The number of carbonyl (C=O) groups excluding carboxylic acids is 1. The number of nitrogens with two attached hydrogens (primary N) is 1. The number of hydrogen-bond acceptors (Lipinski definition) is 2. The fraction of sp³-hybridized carbons (Fsp3) is 0.462. The minimum absolute atomic E-state index is 0.253. The summed E-state index contributed by atoms with van der Waals surface area (Å²) in [6.07, 6.45) is 3.08. The van der Waals surface area contributed by atoms with Crippen LogP contribution in [0.15, 0.2) is 22.7 Å². The molecule has 1 aromatic carbocycles. The van der Waals surface area contributed by atoms with Crippen molar-refractivity contribution in [2.75, 3.05) is 0 Å². The van der Waals surface area contributed by atoms with Gasteiger partial charge in [0.25, 0.3) is 0 Å². The number of hydrogen-bond donors (Lipinski definition) is 2. The van der Waals surface area contributed by atoms with E-state index in [-0.39, 0.29) is 11.9 Å². The molecular weight excluding hydrogens is 280 g/mol. The van der Waals surface area contributed by atoms with Crippen molar-refractivity contribution in [2.45, 2.75) is 38.3 Å². The topological polar surface area (TPSA) is 55.1 Å². The van der Waals surface area contributed by atoms with E-state index in [1.54, 1.807) is 0 Å². The summed E-state index contributed by atoms with van der Waals surface area (Å²) >= 11 is 3.49. The number of fused-ring (bicyclic) bond motifs is 1. The van der Waals surface area contributed by atoms with E-state index in [0.29, 0.717) is 6.04 Å². The van der Waals surface area contributed by atoms with Gasteiger partial charge in [-0.05, 0) is 49.4 Å². The van der Waals surface area contributed by atoms with Crippen molar-refractivity contribution in [1.29, 1.82) is 0 Å². The number of halogens is 1. The fourth-order valence-electron chi connectivity index (χ4n) is 2.30. The summed E-state index contributed by atoms with van der Waals surface area (Å²) in [7, 11) is 0. The Kier molecular flexibility index (Phi) is 3.84. The highest BCUT2D eigenvalue weighted by Gasteiger charge is 2.21. The van der Waals surface area contributed by atoms with Gasteiger partial charge in [0, 0.05) is 10.5 Å². The van der Waals surface area contributed by atoms with Crippen LogP contribution in [0.4, 0.5) is 0 Å². The molecule has 3 N–H and O–H groups in total. The molecule has 0 spiro atoms. The summed E-state index contributed by atoms with van der Waals surface area (Å²) in [6, 6.07) is 6.51. The van der Waals surface area contributed by atoms with Crippen molar-refractivity contribution < 1.29 is 4.79 Å². The van der Waals surface area contributed by atoms with Crippen molar-refractivity contribution in [3.63, 3.8) is 0 Å². The minimum Gasteiger partial charge on any atom is -0.368 e. The van der Waals surface area contributed by atoms with Crippen LogP contribution in [0.25, 0.3) is 0 Å². The van der Waals surface area contributed by atoms with Crippen LogP contribution in [0.1, 0.15) is 24.5 Å². The highest BCUT2D eigenvalue weighted by Crippen LogP contribution is 2.24. The van der Waals surface area contributed by atoms with E-state index >= 15 is 0 Å². The van der Waals surface area contributed by atoms with Crippen LogP contribution in [0.3, 0.4) is 0 Å². The molecule has 17 heavy (non-hydrogen) atoms. The van der Waals surface area contributed by atoms with Crippen LogP contribution in [0.2, 0.25) is 0 Å². The second-order valence-corrected chi connectivity index (χ2v) is 5.56. The van der Waals surface area contributed by atoms with Crippen LogP contribution in [0.5, 0.6) is 0 Å². The number of amides is 1. The van der Waals surface area contributed by atoms with E-state index in [2.05, 4.69) is 39.4 Å². The lowest BCUT2D eigenvalue weighted by atomic mass is 9.88. The van der Waals surface area contributed by atoms with E-state index in [0.717, 1.165) is 23.7 Å². The maximum absolute atomic E-state index is 11.0. The van der Waals surface area contributed by atoms with E-state index in [9.17, 15) is 4.79 Å². The number of nitrogens with one attached hydrogen (secondary N) is 1. The fourth-order valence-corrected chi connectivity index (χ4v) is 2.71. The SMILES string of the molecule is CC(NC1CCc2cc(Br)ccc2C1)C(N)=O. The lowest BCUT2D eigenvalue weighted by molar-refractivity contribution is -0.119. The van der Waals surface area contributed by atoms with Gasteiger partial charge in [-0.2, -0.15) is 0 Å². The first-order valence-corrected chi connectivity index (χ1v) is 6.68. The quantitative estimate of drug-likeness (QED) is 0.893. The highest BCUT2D eigenvalue weighted by atomic mass is 79.9. The molecular formula is C13H17BrN2O. The summed E-state index contributed by atoms with van der Waals surface area (Å²) in [4.78, 5) is 11.0. The summed E-state index contributed by atoms with van der Waals surface area (Å²) in [5.74, 6) is -0.286. The normalized spacial score (nSPS) is 20.7. The highest BCUT2D eigenvalue weighted by molar-refractivity contribution is 9.10. The predicted molar refractivity (Wildman–Crippen MR) is 71.7 cm³/mol. The standard InChI is InChI=1S/C13H17BrN2O/c1-8(13(15)17)16-12-5-3-9-6-11(14)4-2-10(9)7-12/h2,4,6,8,12,16H,3,5,7H2,1H3,(H2,15,17). The molecule has 3 nitrogen and oxygen atoms in total. The zero-order valence-corrected chi connectivity index (χ0v) is 11.5. The van der Waals surface area contributed by atoms with E-state index in [1.807, 2.05) is 6.92 Å². The van der Waals surface area contributed by atoms with Crippen molar-refractivity contribution in [3.05, 3.63) is 33.8 Å². The molecule has 0 fully saturated rings. The molecule has 0 heterocycles. The van der Waals surface area contributed by atoms with E-state index < -0.39 is 0 Å². The number of primary amides is 1. The van der Waals surface area contributed by atoms with Crippen molar-refractivity contribution in [2.24, 2.45) is 5.73 Å². The first kappa shape index (κ1) is 12.6. The van der Waals surface area contributed by atoms with Crippen LogP contribution < -0.4 is 11.1 Å². The average molecular weight is 297 g/mol. The Morgan fingerprint density at radius 2 is 2.29 bits per heavy atom. The molecule has 0 bridgehead atoms. The molecule has 2 rings (SSSR count). The first-order chi connectivity index (χ1) is 8.06. The maximum Gasteiger partial charge on any atom is 0.234 e. The van der Waals surface area contributed by atoms with Gasteiger partial charge in [-0.3, -0.25) is 4.79 Å². The second-order valence-electron chi connectivity index (χ2n) is 4.64. The smallest absolute Gasteiger partial charge is 0.234 e. The lowest BCUT2D eigenvalue weighted by Gasteiger charge is -2.27. The van der Waals surface area contributed by atoms with Crippen LogP contribution >= 0.6 is 15.9 Å². The molecule has 0 aromatic heterocycles. The van der Waals surface area contributed by atoms with Crippen molar-refractivity contribution in [1.82, 2.24) is 5.32 Å². The average Bonchev–Trinajstić information content (AvgIpc) is 2.29. The molecule has 0 radical (unpaired) electrons. The third-order valence-electron chi connectivity index (χ3n) is 3.31. The third kappa shape index (κ3) is 3.07. The lowest BCUT2D eigenvalue weighted by Crippen LogP contribution is -2.46. The van der Waals surface area contributed by atoms with Crippen LogP contribution in [-0.2, 0) is 17.6 Å². The number of rotatable bonds is 3. The van der Waals surface area contributed by atoms with Gasteiger partial charge in [0.05, 0.1) is 6.04 Å². The Morgan fingerprint density at radius 1 is 1.53 bits per heavy atom. The predicted octanol–water partition coefficient (Wildman–Crippen LogP) is 1.77. The van der Waals surface area contributed by atoms with Crippen molar-refractivity contribution >= 4 is 21.8 Å². The molecule has 1 aliphatic carbocycles. The van der Waals surface area contributed by atoms with Crippen LogP contribution in [-0.4, -0.2) is 18.0 Å². The van der Waals surface area contributed by atoms with Gasteiger partial charge >= 0.3 is 0 Å². The van der Waals surface area contributed by atoms with Crippen LogP contribution in [0, 0.1) is 0 Å². The summed E-state index contributed by atoms with van der Waals surface area (Å²) < 4.78 is 1.13. The Morgan fingerprint density at radius 3 is 3.00 bits per heavy atom. The second kappa shape index (κ2) is 5.19. The van der Waals surface area contributed by atoms with Gasteiger partial charge in [0.15, 0.2) is 0 Å². The zero-order valence-electron chi connectivity index (χ0n) is 9.87. The summed E-state index contributed by atoms with van der Waals surface area (Å²) in [6.45, 7) is 1.82. The Hall–Kier alpha value is -0.870. The van der Waals surface area contributed by atoms with Gasteiger partial charge in [-0.25, -0.2) is 0 Å². The molecule has 1 aliphatic rings. The summed E-state index contributed by atoms with van der Waals surface area (Å²) in [5, 5.41) is 3.29. The Balaban J connectivity index is 2.04. The van der Waals surface area contributed by atoms with Gasteiger partial charge in [0.1, 0.15) is 0 Å². The van der Waals surface area contributed by atoms with E-state index in [4.69, 9.17) is 5.73 Å². The van der Waals surface area contributed by atoms with E-state index in [1.165, 1.54) is 11.1 Å². The number of carbonyl (C=O) groups is 1. The first-order valence-electron chi connectivity index (χ1n) is 5.89. The molecule has 1 aromatic rings. The third-order valence-corrected chi connectivity index (χ3v) is 3.80. The molecule has 92 valence electrons. The molecule has 2 unspecified atom stereocenters. The zero-order chi connectivity index (χ0) is 12.4. The van der Waals surface area contributed by atoms with Gasteiger partial charge in [-0.15, -0.1) is 0 Å². The van der Waals surface area contributed by atoms with Gasteiger partial charge in [0.2, 0.25) is 5.91 Å².